The Kier molecular flexibility index (Phi) is 5.49. The summed E-state index contributed by atoms with van der Waals surface area (Å²) in [6.07, 6.45) is 0.695. The number of amides is 1. The topological polar surface area (TPSA) is 64.3 Å². The van der Waals surface area contributed by atoms with Gasteiger partial charge in [0.05, 0.1) is 12.6 Å². The molecule has 0 heterocycles. The minimum absolute atomic E-state index is 0.272. The van der Waals surface area contributed by atoms with Gasteiger partial charge < -0.3 is 15.8 Å². The van der Waals surface area contributed by atoms with Crippen molar-refractivity contribution in [1.82, 2.24) is 5.32 Å². The molecule has 1 amide bonds. The molecule has 0 radical (unpaired) electrons. The molecular weight excluding hydrogens is 216 g/mol. The monoisotopic (exact) mass is 236 g/mol. The van der Waals surface area contributed by atoms with Gasteiger partial charge in [0.25, 0.3) is 0 Å². The number of benzene rings is 1. The quantitative estimate of drug-likeness (QED) is 0.753. The van der Waals surface area contributed by atoms with Crippen LogP contribution in [0.2, 0.25) is 0 Å². The predicted molar refractivity (Wildman–Crippen MR) is 67.7 cm³/mol. The van der Waals surface area contributed by atoms with Gasteiger partial charge in [-0.05, 0) is 31.0 Å². The molecule has 4 nitrogen and oxygen atoms in total. The molecule has 0 saturated heterocycles. The minimum Gasteiger partial charge on any atom is -0.494 e. The Morgan fingerprint density at radius 1 is 1.47 bits per heavy atom. The van der Waals surface area contributed by atoms with Crippen LogP contribution in [0.4, 0.5) is 0 Å². The fourth-order valence-electron chi connectivity index (χ4n) is 1.60. The molecule has 0 aliphatic carbocycles. The van der Waals surface area contributed by atoms with Crippen LogP contribution in [0.5, 0.6) is 5.75 Å². The Bertz CT molecular complexity index is 366. The van der Waals surface area contributed by atoms with E-state index in [4.69, 9.17) is 10.5 Å². The van der Waals surface area contributed by atoms with E-state index in [9.17, 15) is 4.79 Å². The van der Waals surface area contributed by atoms with Gasteiger partial charge >= 0.3 is 0 Å². The van der Waals surface area contributed by atoms with Gasteiger partial charge in [-0.15, -0.1) is 0 Å². The largest absolute Gasteiger partial charge is 0.494 e. The molecule has 1 aromatic rings. The molecule has 0 aliphatic heterocycles. The SMILES string of the molecule is CCOc1cccc(CNC(CC)C(N)=O)c1. The van der Waals surface area contributed by atoms with Crippen LogP contribution in [0.25, 0.3) is 0 Å². The first-order valence-corrected chi connectivity index (χ1v) is 5.91. The van der Waals surface area contributed by atoms with E-state index >= 15 is 0 Å². The van der Waals surface area contributed by atoms with E-state index in [-0.39, 0.29) is 11.9 Å². The van der Waals surface area contributed by atoms with Gasteiger partial charge in [0, 0.05) is 6.54 Å². The highest BCUT2D eigenvalue weighted by Crippen LogP contribution is 2.13. The number of hydrogen-bond acceptors (Lipinski definition) is 3. The van der Waals surface area contributed by atoms with Crippen LogP contribution in [0, 0.1) is 0 Å². The lowest BCUT2D eigenvalue weighted by Gasteiger charge is -2.13. The molecule has 0 fully saturated rings. The van der Waals surface area contributed by atoms with Gasteiger partial charge in [0.15, 0.2) is 0 Å². The molecule has 1 aromatic carbocycles. The summed E-state index contributed by atoms with van der Waals surface area (Å²) in [5.74, 6) is 0.535. The first-order chi connectivity index (χ1) is 8.17. The van der Waals surface area contributed by atoms with Crippen molar-refractivity contribution in [2.24, 2.45) is 5.73 Å². The van der Waals surface area contributed by atoms with Crippen LogP contribution in [-0.4, -0.2) is 18.6 Å². The smallest absolute Gasteiger partial charge is 0.234 e. The van der Waals surface area contributed by atoms with Gasteiger partial charge in [0.1, 0.15) is 5.75 Å². The summed E-state index contributed by atoms with van der Waals surface area (Å²) < 4.78 is 5.41. The maximum absolute atomic E-state index is 11.1. The Balaban J connectivity index is 2.56. The first kappa shape index (κ1) is 13.5. The zero-order valence-electron chi connectivity index (χ0n) is 10.4. The number of rotatable bonds is 7. The molecule has 1 unspecified atom stereocenters. The minimum atomic E-state index is -0.312. The Morgan fingerprint density at radius 3 is 2.82 bits per heavy atom. The molecule has 94 valence electrons. The Labute approximate surface area is 102 Å². The molecule has 1 atom stereocenters. The molecule has 0 spiro atoms. The normalized spacial score (nSPS) is 12.1. The van der Waals surface area contributed by atoms with E-state index in [2.05, 4.69) is 5.32 Å². The maximum atomic E-state index is 11.1. The molecule has 0 aliphatic rings. The standard InChI is InChI=1S/C13H20N2O2/c1-3-12(13(14)16)15-9-10-6-5-7-11(8-10)17-4-2/h5-8,12,15H,3-4,9H2,1-2H3,(H2,14,16). The van der Waals surface area contributed by atoms with Crippen molar-refractivity contribution in [3.8, 4) is 5.75 Å². The average molecular weight is 236 g/mol. The number of primary amides is 1. The van der Waals surface area contributed by atoms with Crippen LogP contribution in [-0.2, 0) is 11.3 Å². The van der Waals surface area contributed by atoms with Crippen LogP contribution in [0.15, 0.2) is 24.3 Å². The summed E-state index contributed by atoms with van der Waals surface area (Å²) in [6, 6.07) is 7.53. The van der Waals surface area contributed by atoms with Crippen LogP contribution in [0.3, 0.4) is 0 Å². The zero-order chi connectivity index (χ0) is 12.7. The fourth-order valence-corrected chi connectivity index (χ4v) is 1.60. The van der Waals surface area contributed by atoms with E-state index in [1.807, 2.05) is 38.1 Å². The van der Waals surface area contributed by atoms with Gasteiger partial charge in [-0.2, -0.15) is 0 Å². The summed E-state index contributed by atoms with van der Waals surface area (Å²) in [5, 5.41) is 3.12. The summed E-state index contributed by atoms with van der Waals surface area (Å²) in [6.45, 7) is 5.14. The van der Waals surface area contributed by atoms with Gasteiger partial charge in [0.2, 0.25) is 5.91 Å². The van der Waals surface area contributed by atoms with Crippen molar-refractivity contribution in [3.05, 3.63) is 29.8 Å². The first-order valence-electron chi connectivity index (χ1n) is 5.91. The summed E-state index contributed by atoms with van der Waals surface area (Å²) in [4.78, 5) is 11.1. The third kappa shape index (κ3) is 4.44. The van der Waals surface area contributed by atoms with Gasteiger partial charge in [-0.1, -0.05) is 19.1 Å². The van der Waals surface area contributed by atoms with Crippen molar-refractivity contribution in [2.75, 3.05) is 6.61 Å². The molecule has 4 heteroatoms. The number of nitrogens with two attached hydrogens (primary N) is 1. The second-order valence-corrected chi connectivity index (χ2v) is 3.82. The molecule has 1 rings (SSSR count). The average Bonchev–Trinajstić information content (AvgIpc) is 2.30. The Morgan fingerprint density at radius 2 is 2.24 bits per heavy atom. The fraction of sp³-hybridized carbons (Fsp3) is 0.462. The van der Waals surface area contributed by atoms with Crippen molar-refractivity contribution >= 4 is 5.91 Å². The molecule has 0 aromatic heterocycles. The molecule has 0 saturated carbocycles. The number of hydrogen-bond donors (Lipinski definition) is 2. The van der Waals surface area contributed by atoms with E-state index in [0.717, 1.165) is 11.3 Å². The van der Waals surface area contributed by atoms with E-state index in [1.165, 1.54) is 0 Å². The van der Waals surface area contributed by atoms with Gasteiger partial charge in [-0.3, -0.25) is 4.79 Å². The lowest BCUT2D eigenvalue weighted by atomic mass is 10.1. The molecular formula is C13H20N2O2. The predicted octanol–water partition coefficient (Wildman–Crippen LogP) is 1.44. The third-order valence-corrected chi connectivity index (χ3v) is 2.51. The zero-order valence-corrected chi connectivity index (χ0v) is 10.4. The molecule has 3 N–H and O–H groups in total. The van der Waals surface area contributed by atoms with Crippen molar-refractivity contribution in [1.29, 1.82) is 0 Å². The second kappa shape index (κ2) is 6.91. The highest BCUT2D eigenvalue weighted by molar-refractivity contribution is 5.79. The number of carbonyl (C=O) groups excluding carboxylic acids is 1. The molecule has 17 heavy (non-hydrogen) atoms. The van der Waals surface area contributed by atoms with Crippen LogP contribution >= 0.6 is 0 Å². The number of ether oxygens (including phenoxy) is 1. The van der Waals surface area contributed by atoms with E-state index < -0.39 is 0 Å². The van der Waals surface area contributed by atoms with Crippen molar-refractivity contribution in [2.45, 2.75) is 32.9 Å². The lowest BCUT2D eigenvalue weighted by Crippen LogP contribution is -2.40. The van der Waals surface area contributed by atoms with Crippen LogP contribution in [0.1, 0.15) is 25.8 Å². The maximum Gasteiger partial charge on any atom is 0.234 e. The van der Waals surface area contributed by atoms with Crippen molar-refractivity contribution < 1.29 is 9.53 Å². The Hall–Kier alpha value is -1.55. The summed E-state index contributed by atoms with van der Waals surface area (Å²) >= 11 is 0. The summed E-state index contributed by atoms with van der Waals surface area (Å²) in [5.41, 5.74) is 6.34. The molecule has 0 bridgehead atoms. The number of carbonyl (C=O) groups is 1. The van der Waals surface area contributed by atoms with E-state index in [0.29, 0.717) is 19.6 Å². The highest BCUT2D eigenvalue weighted by atomic mass is 16.5. The third-order valence-electron chi connectivity index (χ3n) is 2.51. The van der Waals surface area contributed by atoms with E-state index in [1.54, 1.807) is 0 Å². The summed E-state index contributed by atoms with van der Waals surface area (Å²) in [7, 11) is 0. The highest BCUT2D eigenvalue weighted by Gasteiger charge is 2.11. The van der Waals surface area contributed by atoms with Crippen LogP contribution < -0.4 is 15.8 Å². The van der Waals surface area contributed by atoms with Crippen molar-refractivity contribution in [3.63, 3.8) is 0 Å². The van der Waals surface area contributed by atoms with Gasteiger partial charge in [-0.25, -0.2) is 0 Å². The number of nitrogens with one attached hydrogen (secondary N) is 1. The second-order valence-electron chi connectivity index (χ2n) is 3.82. The lowest BCUT2D eigenvalue weighted by molar-refractivity contribution is -0.120.